The van der Waals surface area contributed by atoms with Gasteiger partial charge in [-0.15, -0.1) is 11.6 Å². The van der Waals surface area contributed by atoms with Crippen LogP contribution in [0.2, 0.25) is 0 Å². The number of alkyl halides is 1. The Bertz CT molecular complexity index is 856. The van der Waals surface area contributed by atoms with Crippen molar-refractivity contribution < 1.29 is 8.78 Å². The van der Waals surface area contributed by atoms with Gasteiger partial charge in [-0.1, -0.05) is 0 Å². The van der Waals surface area contributed by atoms with E-state index in [0.717, 1.165) is 12.1 Å². The molecule has 1 aromatic carbocycles. The highest BCUT2D eigenvalue weighted by molar-refractivity contribution is 9.10. The molecule has 0 aliphatic carbocycles. The van der Waals surface area contributed by atoms with Gasteiger partial charge in [0.2, 0.25) is 0 Å². The molecule has 21 heavy (non-hydrogen) atoms. The predicted octanol–water partition coefficient (Wildman–Crippen LogP) is 3.85. The van der Waals surface area contributed by atoms with E-state index in [1.54, 1.807) is 18.7 Å². The maximum absolute atomic E-state index is 14.3. The highest BCUT2D eigenvalue weighted by Crippen LogP contribution is 2.28. The summed E-state index contributed by atoms with van der Waals surface area (Å²) in [6.07, 6.45) is 0. The Labute approximate surface area is 132 Å². The van der Waals surface area contributed by atoms with Crippen molar-refractivity contribution in [2.45, 2.75) is 12.8 Å². The lowest BCUT2D eigenvalue weighted by molar-refractivity contribution is 0.585. The van der Waals surface area contributed by atoms with Gasteiger partial charge >= 0.3 is 0 Å². The van der Waals surface area contributed by atoms with Gasteiger partial charge in [-0.25, -0.2) is 18.4 Å². The van der Waals surface area contributed by atoms with Crippen LogP contribution in [0.25, 0.3) is 16.9 Å². The van der Waals surface area contributed by atoms with E-state index in [0.29, 0.717) is 22.7 Å². The zero-order valence-electron chi connectivity index (χ0n) is 11.2. The van der Waals surface area contributed by atoms with E-state index in [2.05, 4.69) is 26.0 Å². The average Bonchev–Trinajstić information content (AvgIpc) is 2.93. The minimum absolute atomic E-state index is 0.0526. The third kappa shape index (κ3) is 2.15. The molecule has 0 radical (unpaired) electrons. The van der Waals surface area contributed by atoms with Crippen molar-refractivity contribution in [3.8, 4) is 5.69 Å². The van der Waals surface area contributed by atoms with Crippen LogP contribution in [-0.2, 0) is 12.9 Å². The molecule has 0 aliphatic heterocycles. The van der Waals surface area contributed by atoms with Crippen LogP contribution < -0.4 is 0 Å². The smallest absolute Gasteiger partial charge is 0.163 e. The van der Waals surface area contributed by atoms with Crippen molar-refractivity contribution in [2.75, 3.05) is 0 Å². The highest BCUT2D eigenvalue weighted by Gasteiger charge is 2.21. The Morgan fingerprint density at radius 1 is 1.29 bits per heavy atom. The molecule has 3 rings (SSSR count). The maximum Gasteiger partial charge on any atom is 0.163 e. The minimum Gasteiger partial charge on any atom is -0.277 e. The molecule has 0 saturated heterocycles. The molecular formula is C13H10BrClF2N4. The van der Waals surface area contributed by atoms with E-state index >= 15 is 0 Å². The lowest BCUT2D eigenvalue weighted by Crippen LogP contribution is -2.07. The van der Waals surface area contributed by atoms with E-state index in [9.17, 15) is 8.78 Å². The molecule has 2 heterocycles. The number of aromatic nitrogens is 4. The first-order valence-electron chi connectivity index (χ1n) is 6.05. The fraction of sp³-hybridized carbons (Fsp3) is 0.231. The molecule has 3 aromatic rings. The lowest BCUT2D eigenvalue weighted by atomic mass is 10.3. The maximum atomic E-state index is 14.3. The van der Waals surface area contributed by atoms with Gasteiger partial charge in [0.05, 0.1) is 21.7 Å². The molecule has 0 fully saturated rings. The van der Waals surface area contributed by atoms with Gasteiger partial charge in [0.1, 0.15) is 23.0 Å². The van der Waals surface area contributed by atoms with Gasteiger partial charge in [0, 0.05) is 13.1 Å². The Balaban J connectivity index is 2.41. The number of imidazole rings is 1. The van der Waals surface area contributed by atoms with Crippen molar-refractivity contribution >= 4 is 38.7 Å². The SMILES string of the molecule is Cc1nn(C)c2c1nc(CCl)n2-c1cc(F)c(Br)cc1F. The largest absolute Gasteiger partial charge is 0.277 e. The van der Waals surface area contributed by atoms with Gasteiger partial charge in [-0.2, -0.15) is 5.10 Å². The van der Waals surface area contributed by atoms with E-state index in [-0.39, 0.29) is 16.0 Å². The lowest BCUT2D eigenvalue weighted by Gasteiger charge is -2.10. The van der Waals surface area contributed by atoms with Gasteiger partial charge in [-0.3, -0.25) is 4.57 Å². The summed E-state index contributed by atoms with van der Waals surface area (Å²) < 4.78 is 31.2. The quantitative estimate of drug-likeness (QED) is 0.504. The van der Waals surface area contributed by atoms with Gasteiger partial charge in [0.25, 0.3) is 0 Å². The van der Waals surface area contributed by atoms with Crippen molar-refractivity contribution in [1.29, 1.82) is 0 Å². The van der Waals surface area contributed by atoms with Gasteiger partial charge in [0.15, 0.2) is 5.65 Å². The van der Waals surface area contributed by atoms with Crippen molar-refractivity contribution in [3.63, 3.8) is 0 Å². The third-order valence-electron chi connectivity index (χ3n) is 3.22. The van der Waals surface area contributed by atoms with Crippen LogP contribution >= 0.6 is 27.5 Å². The fourth-order valence-corrected chi connectivity index (χ4v) is 2.84. The van der Waals surface area contributed by atoms with Crippen molar-refractivity contribution in [2.24, 2.45) is 7.05 Å². The topological polar surface area (TPSA) is 35.6 Å². The third-order valence-corrected chi connectivity index (χ3v) is 4.07. The van der Waals surface area contributed by atoms with E-state index in [1.165, 1.54) is 4.57 Å². The molecule has 0 amide bonds. The zero-order valence-corrected chi connectivity index (χ0v) is 13.5. The number of halogens is 4. The molecule has 2 aromatic heterocycles. The van der Waals surface area contributed by atoms with Gasteiger partial charge < -0.3 is 0 Å². The summed E-state index contributed by atoms with van der Waals surface area (Å²) in [5.74, 6) is -0.630. The van der Waals surface area contributed by atoms with Crippen LogP contribution in [0.1, 0.15) is 11.5 Å². The summed E-state index contributed by atoms with van der Waals surface area (Å²) in [5, 5.41) is 4.25. The normalized spacial score (nSPS) is 11.5. The summed E-state index contributed by atoms with van der Waals surface area (Å²) in [6.45, 7) is 1.80. The number of nitrogens with zero attached hydrogens (tertiary/aromatic N) is 4. The van der Waals surface area contributed by atoms with Crippen LogP contribution in [0.5, 0.6) is 0 Å². The highest BCUT2D eigenvalue weighted by atomic mass is 79.9. The summed E-state index contributed by atoms with van der Waals surface area (Å²) in [5.41, 5.74) is 1.95. The Kier molecular flexibility index (Phi) is 3.49. The van der Waals surface area contributed by atoms with E-state index < -0.39 is 11.6 Å². The Morgan fingerprint density at radius 2 is 2.00 bits per heavy atom. The second-order valence-electron chi connectivity index (χ2n) is 4.60. The summed E-state index contributed by atoms with van der Waals surface area (Å²) in [4.78, 5) is 4.37. The summed E-state index contributed by atoms with van der Waals surface area (Å²) in [7, 11) is 1.72. The van der Waals surface area contributed by atoms with E-state index in [4.69, 9.17) is 11.6 Å². The number of hydrogen-bond donors (Lipinski definition) is 0. The first-order valence-corrected chi connectivity index (χ1v) is 7.38. The van der Waals surface area contributed by atoms with Crippen LogP contribution in [0.4, 0.5) is 8.78 Å². The number of rotatable bonds is 2. The second kappa shape index (κ2) is 5.06. The van der Waals surface area contributed by atoms with Crippen LogP contribution in [0.15, 0.2) is 16.6 Å². The first kappa shape index (κ1) is 14.5. The van der Waals surface area contributed by atoms with Crippen molar-refractivity contribution in [1.82, 2.24) is 19.3 Å². The van der Waals surface area contributed by atoms with Crippen molar-refractivity contribution in [3.05, 3.63) is 39.8 Å². The van der Waals surface area contributed by atoms with Crippen LogP contribution in [0.3, 0.4) is 0 Å². The molecule has 0 bridgehead atoms. The Hall–Kier alpha value is -1.47. The average molecular weight is 376 g/mol. The molecule has 8 heteroatoms. The molecule has 0 unspecified atom stereocenters. The summed E-state index contributed by atoms with van der Waals surface area (Å²) >= 11 is 8.86. The van der Waals surface area contributed by atoms with Gasteiger partial charge in [-0.05, 0) is 28.9 Å². The monoisotopic (exact) mass is 374 g/mol. The molecule has 0 saturated carbocycles. The van der Waals surface area contributed by atoms with Crippen LogP contribution in [0, 0.1) is 18.6 Å². The molecular weight excluding hydrogens is 366 g/mol. The molecule has 4 nitrogen and oxygen atoms in total. The minimum atomic E-state index is -0.576. The fourth-order valence-electron chi connectivity index (χ4n) is 2.34. The molecule has 0 spiro atoms. The molecule has 0 N–H and O–H groups in total. The standard InChI is InChI=1S/C13H10BrClF2N4/c1-6-12-13(20(2)19-6)21(11(5-15)18-12)10-4-8(16)7(14)3-9(10)17/h3-4H,5H2,1-2H3. The molecule has 0 atom stereocenters. The van der Waals surface area contributed by atoms with Crippen LogP contribution in [-0.4, -0.2) is 19.3 Å². The Morgan fingerprint density at radius 3 is 2.67 bits per heavy atom. The summed E-state index contributed by atoms with van der Waals surface area (Å²) in [6, 6.07) is 2.19. The van der Waals surface area contributed by atoms with E-state index in [1.807, 2.05) is 0 Å². The first-order chi connectivity index (χ1) is 9.93. The molecule has 0 aliphatic rings. The zero-order chi connectivity index (χ0) is 15.3. The number of fused-ring (bicyclic) bond motifs is 1. The molecule has 110 valence electrons. The predicted molar refractivity (Wildman–Crippen MR) is 79.7 cm³/mol. The number of aryl methyl sites for hydroxylation is 2. The number of benzene rings is 1. The second-order valence-corrected chi connectivity index (χ2v) is 5.72. The number of hydrogen-bond acceptors (Lipinski definition) is 2.